The van der Waals surface area contributed by atoms with E-state index in [0.29, 0.717) is 33.7 Å². The first-order chi connectivity index (χ1) is 31.1. The van der Waals surface area contributed by atoms with Crippen LogP contribution < -0.4 is 34.7 Å². The lowest BCUT2D eigenvalue weighted by molar-refractivity contribution is -0.193. The molecule has 2 aromatic heterocycles. The highest BCUT2D eigenvalue weighted by molar-refractivity contribution is 8.00. The van der Waals surface area contributed by atoms with E-state index in [1.807, 2.05) is 5.32 Å². The van der Waals surface area contributed by atoms with Gasteiger partial charge in [-0.15, -0.1) is 11.8 Å². The van der Waals surface area contributed by atoms with Crippen LogP contribution in [-0.4, -0.2) is 118 Å². The van der Waals surface area contributed by atoms with E-state index in [-0.39, 0.29) is 44.7 Å². The quantitative estimate of drug-likeness (QED) is 0.0396. The van der Waals surface area contributed by atoms with E-state index in [1.165, 1.54) is 45.4 Å². The SMILES string of the molecule is COC(=O)CSc1cc(N=c2sc(=O)n3n2CCCC3)c(F)cc1Cl.COc1nc(C)nc(NC(=O)NS(=O)(=O)c2ccccc2CCC(F)(F)F)n1.C[S+](C)C.O=C(O)CNCP(=O)([O-])O. The molecule has 1 atom stereocenters. The Hall–Kier alpha value is -4.61. The van der Waals surface area contributed by atoms with Crippen LogP contribution in [0.4, 0.5) is 34.0 Å². The Morgan fingerprint density at radius 3 is 2.30 bits per heavy atom. The van der Waals surface area contributed by atoms with E-state index in [2.05, 4.69) is 48.8 Å². The van der Waals surface area contributed by atoms with Crippen LogP contribution in [0, 0.1) is 12.7 Å². The number of hydrogen-bond acceptors (Lipinski definition) is 17. The van der Waals surface area contributed by atoms with Gasteiger partial charge in [0.25, 0.3) is 10.0 Å². The van der Waals surface area contributed by atoms with E-state index in [1.54, 1.807) is 14.1 Å². The van der Waals surface area contributed by atoms with Crippen LogP contribution in [0.3, 0.4) is 0 Å². The molecule has 2 amide bonds. The van der Waals surface area contributed by atoms with Crippen molar-refractivity contribution in [2.75, 3.05) is 56.9 Å². The average Bonchev–Trinajstić information content (AvgIpc) is 3.53. The van der Waals surface area contributed by atoms with Gasteiger partial charge in [0.1, 0.15) is 24.9 Å². The van der Waals surface area contributed by atoms with Gasteiger partial charge in [0.15, 0.2) is 0 Å². The van der Waals surface area contributed by atoms with Crippen molar-refractivity contribution in [3.63, 3.8) is 0 Å². The Balaban J connectivity index is 0.000000361. The molecule has 0 fully saturated rings. The molecule has 0 radical (unpaired) electrons. The first-order valence-electron chi connectivity index (χ1n) is 18.9. The third-order valence-corrected chi connectivity index (χ3v) is 11.9. The molecule has 0 aliphatic carbocycles. The molecule has 21 nitrogen and oxygen atoms in total. The van der Waals surface area contributed by atoms with Gasteiger partial charge in [0, 0.05) is 24.4 Å². The molecule has 0 saturated heterocycles. The van der Waals surface area contributed by atoms with Gasteiger partial charge >= 0.3 is 35.0 Å². The normalized spacial score (nSPS) is 13.3. The lowest BCUT2D eigenvalue weighted by Crippen LogP contribution is -2.35. The molecule has 0 bridgehead atoms. The number of halogens is 5. The highest BCUT2D eigenvalue weighted by atomic mass is 35.5. The second-order valence-electron chi connectivity index (χ2n) is 13.6. The lowest BCUT2D eigenvalue weighted by atomic mass is 10.1. The topological polar surface area (TPSA) is 298 Å². The number of aliphatic carboxylic acids is 1. The number of ether oxygens (including phenoxy) is 2. The summed E-state index contributed by atoms with van der Waals surface area (Å²) in [5.41, 5.74) is 0.0114. The van der Waals surface area contributed by atoms with Crippen molar-refractivity contribution in [3.05, 3.63) is 73.1 Å². The molecule has 0 saturated carbocycles. The van der Waals surface area contributed by atoms with Crippen molar-refractivity contribution in [2.45, 2.75) is 61.7 Å². The number of anilines is 1. The standard InChI is InChI=1S/C15H15ClFN3O3S2.C15H16F3N5O4S.C3H8NO5P.C3H9S/c1-23-13(21)8-24-12-7-11(10(17)6-9(12)16)18-14-19-4-2-3-5-20(19)15(22)25-14;1-9-19-12(22-14(20-9)27-2)21-13(24)23-28(25,26)11-6-4-3-5-10(11)7-8-15(16,17)18;5-3(6)1-4-2-10(7,8)9;1-4(2)3/h6-7H,2-5,8H2,1H3;3-6H,7-8H2,1-2H3,(H2,19,20,21,22,23,24);4H,1-2H2,(H,5,6)(H2,7,8,9);1-3H3/q;;;+1/p-1. The summed E-state index contributed by atoms with van der Waals surface area (Å²) in [7, 11) is -5.55. The minimum atomic E-state index is -4.45. The number of urea groups is 1. The number of amides is 2. The number of carbonyl (C=O) groups is 3. The predicted molar refractivity (Wildman–Crippen MR) is 242 cm³/mol. The molecule has 372 valence electrons. The van der Waals surface area contributed by atoms with Crippen LogP contribution in [0.25, 0.3) is 0 Å². The van der Waals surface area contributed by atoms with Gasteiger partial charge in [0.2, 0.25) is 10.7 Å². The molecule has 2 aromatic carbocycles. The van der Waals surface area contributed by atoms with E-state index in [0.717, 1.165) is 48.1 Å². The zero-order chi connectivity index (χ0) is 50.7. The fraction of sp³-hybridized carbons (Fsp3) is 0.444. The molecule has 1 aliphatic heterocycles. The van der Waals surface area contributed by atoms with Crippen LogP contribution in [0.5, 0.6) is 6.01 Å². The van der Waals surface area contributed by atoms with Crippen molar-refractivity contribution < 1.29 is 69.3 Å². The van der Waals surface area contributed by atoms with Crippen LogP contribution >= 0.6 is 42.3 Å². The fourth-order valence-corrected chi connectivity index (χ4v) is 8.45. The first-order valence-corrected chi connectivity index (χ1v) is 26.8. The number of thioether (sulfide) groups is 1. The Morgan fingerprint density at radius 1 is 1.09 bits per heavy atom. The van der Waals surface area contributed by atoms with E-state index >= 15 is 0 Å². The smallest absolute Gasteiger partial charge is 0.389 e. The van der Waals surface area contributed by atoms with Crippen LogP contribution in [0.2, 0.25) is 5.02 Å². The van der Waals surface area contributed by atoms with Gasteiger partial charge in [-0.2, -0.15) is 28.1 Å². The highest BCUT2D eigenvalue weighted by Gasteiger charge is 2.29. The Bertz CT molecular complexity index is 2610. The summed E-state index contributed by atoms with van der Waals surface area (Å²) in [6.45, 7) is 2.35. The molecule has 1 unspecified atom stereocenters. The summed E-state index contributed by atoms with van der Waals surface area (Å²) in [4.78, 5) is 79.2. The summed E-state index contributed by atoms with van der Waals surface area (Å²) in [6.07, 6.45) is 1.57. The number of aromatic nitrogens is 5. The van der Waals surface area contributed by atoms with Gasteiger partial charge in [-0.25, -0.2) is 32.0 Å². The second-order valence-corrected chi connectivity index (χ2v) is 21.7. The van der Waals surface area contributed by atoms with Gasteiger partial charge in [-0.05, 0) is 72.2 Å². The summed E-state index contributed by atoms with van der Waals surface area (Å²) in [6, 6.07) is 6.46. The number of rotatable bonds is 14. The number of carboxylic acid groups (broad SMARTS) is 1. The number of alkyl halides is 3. The van der Waals surface area contributed by atoms with Gasteiger partial charge in [-0.1, -0.05) is 29.8 Å². The number of methoxy groups -OCH3 is 2. The number of sulfonamides is 1. The molecular formula is C36H47ClF4N9O12PS4. The number of aryl methyl sites for hydroxylation is 2. The van der Waals surface area contributed by atoms with Gasteiger partial charge in [0.05, 0.1) is 61.5 Å². The molecule has 3 heterocycles. The molecule has 31 heteroatoms. The summed E-state index contributed by atoms with van der Waals surface area (Å²) in [5, 5.41) is 12.3. The number of esters is 1. The predicted octanol–water partition coefficient (Wildman–Crippen LogP) is 3.65. The van der Waals surface area contributed by atoms with Crippen molar-refractivity contribution in [1.29, 1.82) is 0 Å². The second kappa shape index (κ2) is 27.4. The van der Waals surface area contributed by atoms with Crippen molar-refractivity contribution in [3.8, 4) is 6.01 Å². The molecular weight excluding hydrogens is 1020 g/mol. The first kappa shape index (κ1) is 58.5. The number of nitrogens with zero attached hydrogens (tertiary/aromatic N) is 6. The highest BCUT2D eigenvalue weighted by Crippen LogP contribution is 2.33. The third kappa shape index (κ3) is 22.4. The third-order valence-electron chi connectivity index (χ3n) is 7.57. The van der Waals surface area contributed by atoms with Crippen molar-refractivity contribution >= 4 is 92.8 Å². The molecule has 67 heavy (non-hydrogen) atoms. The van der Waals surface area contributed by atoms with Gasteiger partial charge in [-0.3, -0.25) is 29.7 Å². The van der Waals surface area contributed by atoms with Crippen LogP contribution in [-0.2, 0) is 59.3 Å². The number of hydrogen-bond donors (Lipinski definition) is 5. The summed E-state index contributed by atoms with van der Waals surface area (Å²) < 4.78 is 101. The van der Waals surface area contributed by atoms with Gasteiger partial charge < -0.3 is 28.9 Å². The van der Waals surface area contributed by atoms with Crippen molar-refractivity contribution in [1.82, 2.24) is 34.4 Å². The monoisotopic (exact) mass is 1070 g/mol. The Labute approximate surface area is 397 Å². The number of fused-ring (bicyclic) bond motifs is 1. The Morgan fingerprint density at radius 2 is 1.72 bits per heavy atom. The zero-order valence-corrected chi connectivity index (χ0v) is 41.4. The van der Waals surface area contributed by atoms with Crippen LogP contribution in [0.1, 0.15) is 30.7 Å². The maximum atomic E-state index is 14.3. The summed E-state index contributed by atoms with van der Waals surface area (Å²) in [5.74, 6) is -2.15. The number of nitrogens with one attached hydrogen (secondary N) is 3. The van der Waals surface area contributed by atoms with Crippen molar-refractivity contribution in [2.24, 2.45) is 4.99 Å². The minimum Gasteiger partial charge on any atom is -0.778 e. The molecule has 4 aromatic rings. The number of benzene rings is 2. The summed E-state index contributed by atoms with van der Waals surface area (Å²) >= 11 is 8.17. The van der Waals surface area contributed by atoms with E-state index < -0.39 is 78.2 Å². The van der Waals surface area contributed by atoms with Crippen LogP contribution in [0.15, 0.2) is 56.0 Å². The molecule has 1 aliphatic rings. The number of carboxylic acids is 1. The average molecular weight is 1070 g/mol. The molecule has 5 rings (SSSR count). The lowest BCUT2D eigenvalue weighted by Gasteiger charge is -2.15. The largest absolute Gasteiger partial charge is 0.778 e. The zero-order valence-electron chi connectivity index (χ0n) is 36.5. The molecule has 5 N–H and O–H groups in total. The van der Waals surface area contributed by atoms with E-state index in [4.69, 9.17) is 26.3 Å². The Kier molecular flexibility index (Phi) is 23.9. The fourth-order valence-electron chi connectivity index (χ4n) is 4.89. The van der Waals surface area contributed by atoms with E-state index in [9.17, 15) is 54.6 Å². The maximum absolute atomic E-state index is 14.3. The molecule has 0 spiro atoms. The number of carbonyl (C=O) groups excluding carboxylic acids is 2. The maximum Gasteiger partial charge on any atom is 0.389 e. The minimum absolute atomic E-state index is 0.0605.